The van der Waals surface area contributed by atoms with Crippen molar-refractivity contribution in [1.29, 1.82) is 0 Å². The maximum Gasteiger partial charge on any atom is 0.502 e. The molecule has 0 aliphatic carbocycles. The Labute approximate surface area is 85.0 Å². The highest BCUT2D eigenvalue weighted by Gasteiger charge is 2.17. The lowest BCUT2D eigenvalue weighted by molar-refractivity contribution is 0.407. The first-order valence-corrected chi connectivity index (χ1v) is 4.18. The van der Waals surface area contributed by atoms with Crippen LogP contribution in [0.2, 0.25) is 0 Å². The molecule has 0 atom stereocenters. The molecule has 1 aromatic carbocycles. The quantitative estimate of drug-likeness (QED) is 0.788. The number of aromatic hydroxyl groups is 1. The number of phenols is 1. The van der Waals surface area contributed by atoms with Crippen molar-refractivity contribution in [3.63, 3.8) is 0 Å². The number of halogens is 3. The second-order valence-corrected chi connectivity index (χ2v) is 2.91. The van der Waals surface area contributed by atoms with Crippen molar-refractivity contribution in [2.45, 2.75) is 0 Å². The minimum atomic E-state index is -4.98. The largest absolute Gasteiger partial charge is 0.507 e. The Hall–Kier alpha value is -1.59. The molecule has 0 heterocycles. The molecule has 1 N–H and O–H groups in total. The average molecular weight is 217 g/mol. The van der Waals surface area contributed by atoms with Crippen molar-refractivity contribution in [1.82, 2.24) is 0 Å². The normalized spacial score (nSPS) is 12.0. The molecule has 0 spiro atoms. The Morgan fingerprint density at radius 3 is 2.47 bits per heavy atom. The van der Waals surface area contributed by atoms with Crippen LogP contribution in [0.5, 0.6) is 11.5 Å². The molecule has 0 aliphatic heterocycles. The smallest absolute Gasteiger partial charge is 0.502 e. The first-order chi connectivity index (χ1) is 6.92. The Bertz CT molecular complexity index is 374. The fraction of sp³-hybridized carbons (Fsp3) is 0.111. The average Bonchev–Trinajstić information content (AvgIpc) is 2.14. The predicted octanol–water partition coefficient (Wildman–Crippen LogP) is 2.80. The second-order valence-electron chi connectivity index (χ2n) is 2.91. The summed E-state index contributed by atoms with van der Waals surface area (Å²) in [6.07, 6.45) is 0.828. The zero-order chi connectivity index (χ0) is 11.5. The summed E-state index contributed by atoms with van der Waals surface area (Å²) in [5.41, 5.74) is 0.106. The van der Waals surface area contributed by atoms with Gasteiger partial charge in [-0.05, 0) is 12.1 Å². The summed E-state index contributed by atoms with van der Waals surface area (Å²) in [6.45, 7) is -4.98. The molecule has 0 bridgehead atoms. The van der Waals surface area contributed by atoms with Gasteiger partial charge in [0.25, 0.3) is 0 Å². The van der Waals surface area contributed by atoms with E-state index in [0.29, 0.717) is 5.75 Å². The first-order valence-electron chi connectivity index (χ1n) is 4.18. The molecule has 0 saturated carbocycles. The molecule has 0 fully saturated rings. The topological polar surface area (TPSA) is 29.5 Å². The van der Waals surface area contributed by atoms with Crippen LogP contribution in [0.3, 0.4) is 0 Å². The molecule has 1 rings (SSSR count). The van der Waals surface area contributed by atoms with E-state index in [0.717, 1.165) is 6.08 Å². The van der Waals surface area contributed by atoms with Gasteiger partial charge in [0.2, 0.25) is 0 Å². The lowest BCUT2D eigenvalue weighted by Gasteiger charge is -2.07. The second kappa shape index (κ2) is 4.29. The fourth-order valence-corrected chi connectivity index (χ4v) is 1.00. The van der Waals surface area contributed by atoms with Crippen LogP contribution >= 0.6 is 0 Å². The van der Waals surface area contributed by atoms with Crippen molar-refractivity contribution >= 4 is 13.1 Å². The van der Waals surface area contributed by atoms with E-state index in [2.05, 4.69) is 0 Å². The summed E-state index contributed by atoms with van der Waals surface area (Å²) >= 11 is 0. The standard InChI is InChI=1S/C9H9BF3O2/c1-15-8-3-2-7(9(14)6-8)4-5-10(11,12)13/h2-6,14H,1H3/q-1/b5-4+. The van der Waals surface area contributed by atoms with Gasteiger partial charge in [-0.15, -0.1) is 5.98 Å². The molecule has 15 heavy (non-hydrogen) atoms. The number of phenolic OH excluding ortho intramolecular Hbond substituents is 1. The van der Waals surface area contributed by atoms with Crippen LogP contribution in [0, 0.1) is 0 Å². The minimum absolute atomic E-state index is 0.106. The van der Waals surface area contributed by atoms with Gasteiger partial charge in [0.05, 0.1) is 7.11 Å². The molecule has 1 aromatic rings. The Balaban J connectivity index is 2.92. The highest BCUT2D eigenvalue weighted by atomic mass is 19.4. The lowest BCUT2D eigenvalue weighted by atomic mass is 9.90. The molecule has 0 aromatic heterocycles. The number of hydrogen-bond acceptors (Lipinski definition) is 2. The summed E-state index contributed by atoms with van der Waals surface area (Å²) in [4.78, 5) is 0. The van der Waals surface area contributed by atoms with E-state index in [4.69, 9.17) is 4.74 Å². The number of methoxy groups -OCH3 is 1. The van der Waals surface area contributed by atoms with Crippen LogP contribution in [0.25, 0.3) is 6.08 Å². The summed E-state index contributed by atoms with van der Waals surface area (Å²) in [5.74, 6) is 0.273. The first kappa shape index (κ1) is 11.5. The van der Waals surface area contributed by atoms with Gasteiger partial charge in [0.15, 0.2) is 0 Å². The van der Waals surface area contributed by atoms with Gasteiger partial charge in [-0.2, -0.15) is 0 Å². The van der Waals surface area contributed by atoms with E-state index < -0.39 is 6.98 Å². The van der Waals surface area contributed by atoms with Gasteiger partial charge in [0, 0.05) is 11.6 Å². The Morgan fingerprint density at radius 1 is 1.33 bits per heavy atom. The van der Waals surface area contributed by atoms with Gasteiger partial charge in [-0.25, -0.2) is 0 Å². The third kappa shape index (κ3) is 3.57. The van der Waals surface area contributed by atoms with E-state index in [-0.39, 0.29) is 17.3 Å². The third-order valence-electron chi connectivity index (χ3n) is 1.73. The van der Waals surface area contributed by atoms with Crippen molar-refractivity contribution in [3.8, 4) is 11.5 Å². The maximum absolute atomic E-state index is 11.9. The van der Waals surface area contributed by atoms with Gasteiger partial charge < -0.3 is 22.8 Å². The van der Waals surface area contributed by atoms with Crippen LogP contribution in [0.4, 0.5) is 12.9 Å². The summed E-state index contributed by atoms with van der Waals surface area (Å²) in [7, 11) is 1.41. The molecule has 0 aliphatic rings. The number of rotatable bonds is 3. The van der Waals surface area contributed by atoms with Gasteiger partial charge in [-0.3, -0.25) is 0 Å². The molecular weight excluding hydrogens is 208 g/mol. The molecule has 0 unspecified atom stereocenters. The monoisotopic (exact) mass is 217 g/mol. The number of ether oxygens (including phenoxy) is 1. The zero-order valence-corrected chi connectivity index (χ0v) is 7.95. The summed E-state index contributed by atoms with van der Waals surface area (Å²) in [6, 6.07) is 4.08. The van der Waals surface area contributed by atoms with E-state index >= 15 is 0 Å². The van der Waals surface area contributed by atoms with E-state index in [1.807, 2.05) is 0 Å². The van der Waals surface area contributed by atoms with Crippen LogP contribution < -0.4 is 4.74 Å². The molecule has 82 valence electrons. The third-order valence-corrected chi connectivity index (χ3v) is 1.73. The molecule has 0 saturated heterocycles. The lowest BCUT2D eigenvalue weighted by Crippen LogP contribution is -2.09. The highest BCUT2D eigenvalue weighted by molar-refractivity contribution is 6.64. The molecule has 0 amide bonds. The molecule has 2 nitrogen and oxygen atoms in total. The van der Waals surface area contributed by atoms with Crippen LogP contribution in [-0.4, -0.2) is 19.2 Å². The highest BCUT2D eigenvalue weighted by Crippen LogP contribution is 2.25. The fourth-order valence-electron chi connectivity index (χ4n) is 1.00. The van der Waals surface area contributed by atoms with Gasteiger partial charge >= 0.3 is 6.98 Å². The van der Waals surface area contributed by atoms with Gasteiger partial charge in [-0.1, -0.05) is 6.08 Å². The van der Waals surface area contributed by atoms with Crippen molar-refractivity contribution in [2.75, 3.05) is 7.11 Å². The Morgan fingerprint density at radius 2 is 2.00 bits per heavy atom. The Kier molecular flexibility index (Phi) is 3.29. The molecular formula is C9H9BF3O2-. The van der Waals surface area contributed by atoms with Crippen molar-refractivity contribution < 1.29 is 22.8 Å². The maximum atomic E-state index is 11.9. The van der Waals surface area contributed by atoms with Crippen LogP contribution in [0.1, 0.15) is 5.56 Å². The van der Waals surface area contributed by atoms with Gasteiger partial charge in [0.1, 0.15) is 11.5 Å². The number of hydrogen-bond donors (Lipinski definition) is 1. The summed E-state index contributed by atoms with van der Waals surface area (Å²) < 4.78 is 40.5. The van der Waals surface area contributed by atoms with Crippen LogP contribution in [-0.2, 0) is 0 Å². The van der Waals surface area contributed by atoms with Crippen molar-refractivity contribution in [2.24, 2.45) is 0 Å². The van der Waals surface area contributed by atoms with E-state index in [1.165, 1.54) is 25.3 Å². The van der Waals surface area contributed by atoms with E-state index in [9.17, 15) is 18.1 Å². The molecule has 6 heteroatoms. The van der Waals surface area contributed by atoms with Crippen LogP contribution in [0.15, 0.2) is 24.2 Å². The van der Waals surface area contributed by atoms with E-state index in [1.54, 1.807) is 0 Å². The number of benzene rings is 1. The summed E-state index contributed by atoms with van der Waals surface area (Å²) in [5, 5.41) is 9.33. The van der Waals surface area contributed by atoms with Crippen molar-refractivity contribution in [3.05, 3.63) is 29.7 Å². The minimum Gasteiger partial charge on any atom is -0.507 e. The zero-order valence-electron chi connectivity index (χ0n) is 7.95. The SMILES string of the molecule is COc1ccc(/C=C/[B-](F)(F)F)c(O)c1. The predicted molar refractivity (Wildman–Crippen MR) is 52.8 cm³/mol. The molecule has 0 radical (unpaired) electrons.